The van der Waals surface area contributed by atoms with Crippen LogP contribution in [-0.2, 0) is 4.74 Å². The van der Waals surface area contributed by atoms with E-state index in [1.165, 1.54) is 19.3 Å². The first-order chi connectivity index (χ1) is 6.20. The third-order valence-corrected chi connectivity index (χ3v) is 2.56. The van der Waals surface area contributed by atoms with Gasteiger partial charge in [0.05, 0.1) is 12.7 Å². The van der Waals surface area contributed by atoms with Crippen LogP contribution >= 0.6 is 0 Å². The van der Waals surface area contributed by atoms with Gasteiger partial charge in [0, 0.05) is 5.92 Å². The van der Waals surface area contributed by atoms with Gasteiger partial charge in [-0.05, 0) is 19.8 Å². The fourth-order valence-corrected chi connectivity index (χ4v) is 1.79. The lowest BCUT2D eigenvalue weighted by atomic mass is 9.89. The fraction of sp³-hybridized carbons (Fsp3) is 1.00. The van der Waals surface area contributed by atoms with E-state index in [0.29, 0.717) is 0 Å². The van der Waals surface area contributed by atoms with Crippen molar-refractivity contribution in [1.29, 1.82) is 0 Å². The van der Waals surface area contributed by atoms with E-state index >= 15 is 0 Å². The SMILES string of the molecule is CC(O)COC(O)C1CCCCC1. The maximum Gasteiger partial charge on any atom is 0.157 e. The summed E-state index contributed by atoms with van der Waals surface area (Å²) in [5, 5.41) is 18.6. The molecule has 0 bridgehead atoms. The van der Waals surface area contributed by atoms with Gasteiger partial charge in [-0.15, -0.1) is 0 Å². The van der Waals surface area contributed by atoms with Gasteiger partial charge in [0.1, 0.15) is 0 Å². The second-order valence-corrected chi connectivity index (χ2v) is 3.97. The van der Waals surface area contributed by atoms with Gasteiger partial charge in [0.15, 0.2) is 6.29 Å². The number of hydrogen-bond donors (Lipinski definition) is 2. The highest BCUT2D eigenvalue weighted by Gasteiger charge is 2.22. The second-order valence-electron chi connectivity index (χ2n) is 3.97. The molecule has 2 N–H and O–H groups in total. The molecule has 1 fully saturated rings. The van der Waals surface area contributed by atoms with Gasteiger partial charge in [-0.2, -0.15) is 0 Å². The molecule has 13 heavy (non-hydrogen) atoms. The van der Waals surface area contributed by atoms with Crippen LogP contribution < -0.4 is 0 Å². The van der Waals surface area contributed by atoms with Crippen molar-refractivity contribution in [3.8, 4) is 0 Å². The lowest BCUT2D eigenvalue weighted by Crippen LogP contribution is -2.28. The summed E-state index contributed by atoms with van der Waals surface area (Å²) in [5.41, 5.74) is 0. The van der Waals surface area contributed by atoms with Gasteiger partial charge in [0.2, 0.25) is 0 Å². The number of aliphatic hydroxyl groups excluding tert-OH is 2. The van der Waals surface area contributed by atoms with E-state index in [-0.39, 0.29) is 12.5 Å². The minimum Gasteiger partial charge on any atom is -0.391 e. The Morgan fingerprint density at radius 1 is 1.23 bits per heavy atom. The molecule has 0 heterocycles. The lowest BCUT2D eigenvalue weighted by Gasteiger charge is -2.26. The minimum absolute atomic E-state index is 0.234. The maximum absolute atomic E-state index is 9.59. The molecule has 2 atom stereocenters. The highest BCUT2D eigenvalue weighted by molar-refractivity contribution is 4.68. The van der Waals surface area contributed by atoms with Crippen molar-refractivity contribution in [2.45, 2.75) is 51.4 Å². The van der Waals surface area contributed by atoms with Crippen LogP contribution in [0, 0.1) is 5.92 Å². The molecule has 0 aromatic carbocycles. The standard InChI is InChI=1S/C10H20O3/c1-8(11)7-13-10(12)9-5-3-2-4-6-9/h8-12H,2-7H2,1H3. The van der Waals surface area contributed by atoms with E-state index in [0.717, 1.165) is 12.8 Å². The Bertz CT molecular complexity index is 130. The van der Waals surface area contributed by atoms with Crippen LogP contribution in [0.4, 0.5) is 0 Å². The van der Waals surface area contributed by atoms with Crippen molar-refractivity contribution < 1.29 is 14.9 Å². The van der Waals surface area contributed by atoms with Crippen LogP contribution in [0.2, 0.25) is 0 Å². The predicted molar refractivity (Wildman–Crippen MR) is 50.2 cm³/mol. The minimum atomic E-state index is -0.671. The summed E-state index contributed by atoms with van der Waals surface area (Å²) in [6.07, 6.45) is 4.62. The summed E-state index contributed by atoms with van der Waals surface area (Å²) >= 11 is 0. The van der Waals surface area contributed by atoms with Crippen LogP contribution in [0.25, 0.3) is 0 Å². The molecular weight excluding hydrogens is 168 g/mol. The summed E-state index contributed by atoms with van der Waals surface area (Å²) in [6, 6.07) is 0. The Kier molecular flexibility index (Phi) is 4.70. The molecule has 0 aromatic heterocycles. The van der Waals surface area contributed by atoms with E-state index < -0.39 is 12.4 Å². The van der Waals surface area contributed by atoms with Crippen LogP contribution in [0.3, 0.4) is 0 Å². The van der Waals surface area contributed by atoms with E-state index in [2.05, 4.69) is 0 Å². The molecule has 0 spiro atoms. The molecule has 3 nitrogen and oxygen atoms in total. The molecule has 1 aliphatic carbocycles. The van der Waals surface area contributed by atoms with Crippen LogP contribution in [0.1, 0.15) is 39.0 Å². The van der Waals surface area contributed by atoms with Gasteiger partial charge in [-0.1, -0.05) is 19.3 Å². The molecule has 1 saturated carbocycles. The summed E-state index contributed by atoms with van der Waals surface area (Å²) in [6.45, 7) is 1.89. The molecule has 1 aliphatic rings. The van der Waals surface area contributed by atoms with Crippen molar-refractivity contribution in [2.75, 3.05) is 6.61 Å². The van der Waals surface area contributed by atoms with E-state index in [1.807, 2.05) is 0 Å². The average Bonchev–Trinajstić information content (AvgIpc) is 2.15. The van der Waals surface area contributed by atoms with Crippen molar-refractivity contribution in [1.82, 2.24) is 0 Å². The number of rotatable bonds is 4. The Morgan fingerprint density at radius 2 is 1.85 bits per heavy atom. The zero-order chi connectivity index (χ0) is 9.68. The molecule has 3 heteroatoms. The lowest BCUT2D eigenvalue weighted by molar-refractivity contribution is -0.155. The first-order valence-electron chi connectivity index (χ1n) is 5.18. The molecule has 0 amide bonds. The Morgan fingerprint density at radius 3 is 2.38 bits per heavy atom. The summed E-state index contributed by atoms with van der Waals surface area (Å²) in [5.74, 6) is 0.285. The number of hydrogen-bond acceptors (Lipinski definition) is 3. The monoisotopic (exact) mass is 188 g/mol. The van der Waals surface area contributed by atoms with Gasteiger partial charge in [-0.25, -0.2) is 0 Å². The smallest absolute Gasteiger partial charge is 0.157 e. The number of aliphatic hydroxyl groups is 2. The molecule has 1 rings (SSSR count). The average molecular weight is 188 g/mol. The molecule has 0 aliphatic heterocycles. The first kappa shape index (κ1) is 11.0. The summed E-state index contributed by atoms with van der Waals surface area (Å²) in [7, 11) is 0. The van der Waals surface area contributed by atoms with Gasteiger partial charge >= 0.3 is 0 Å². The zero-order valence-electron chi connectivity index (χ0n) is 8.28. The van der Waals surface area contributed by atoms with Crippen LogP contribution in [0.5, 0.6) is 0 Å². The third-order valence-electron chi connectivity index (χ3n) is 2.56. The topological polar surface area (TPSA) is 49.7 Å². The predicted octanol–water partition coefficient (Wildman–Crippen LogP) is 1.28. The van der Waals surface area contributed by atoms with Crippen LogP contribution in [-0.4, -0.2) is 29.2 Å². The highest BCUT2D eigenvalue weighted by atomic mass is 16.6. The van der Waals surface area contributed by atoms with Crippen LogP contribution in [0.15, 0.2) is 0 Å². The Balaban J connectivity index is 2.17. The largest absolute Gasteiger partial charge is 0.391 e. The first-order valence-corrected chi connectivity index (χ1v) is 5.18. The summed E-state index contributed by atoms with van der Waals surface area (Å²) in [4.78, 5) is 0. The van der Waals surface area contributed by atoms with E-state index in [1.54, 1.807) is 6.92 Å². The highest BCUT2D eigenvalue weighted by Crippen LogP contribution is 2.26. The van der Waals surface area contributed by atoms with Crippen molar-refractivity contribution in [3.63, 3.8) is 0 Å². The molecule has 78 valence electrons. The second kappa shape index (κ2) is 5.58. The quantitative estimate of drug-likeness (QED) is 0.653. The van der Waals surface area contributed by atoms with Gasteiger partial charge < -0.3 is 14.9 Å². The Labute approximate surface area is 79.7 Å². The third kappa shape index (κ3) is 4.07. The maximum atomic E-state index is 9.59. The molecule has 0 radical (unpaired) electrons. The fourth-order valence-electron chi connectivity index (χ4n) is 1.79. The van der Waals surface area contributed by atoms with E-state index in [4.69, 9.17) is 9.84 Å². The van der Waals surface area contributed by atoms with E-state index in [9.17, 15) is 5.11 Å². The van der Waals surface area contributed by atoms with Crippen molar-refractivity contribution >= 4 is 0 Å². The van der Waals surface area contributed by atoms with Crippen molar-refractivity contribution in [2.24, 2.45) is 5.92 Å². The molecule has 2 unspecified atom stereocenters. The molecular formula is C10H20O3. The molecule has 0 aromatic rings. The number of ether oxygens (including phenoxy) is 1. The van der Waals surface area contributed by atoms with Gasteiger partial charge in [0.25, 0.3) is 0 Å². The zero-order valence-corrected chi connectivity index (χ0v) is 8.28. The normalized spacial score (nSPS) is 24.2. The van der Waals surface area contributed by atoms with Crippen molar-refractivity contribution in [3.05, 3.63) is 0 Å². The Hall–Kier alpha value is -0.120. The van der Waals surface area contributed by atoms with Gasteiger partial charge in [-0.3, -0.25) is 0 Å². The summed E-state index contributed by atoms with van der Waals surface area (Å²) < 4.78 is 5.15. The molecule has 0 saturated heterocycles.